The molecule has 1 aliphatic rings. The lowest BCUT2D eigenvalue weighted by Crippen LogP contribution is -2.47. The summed E-state index contributed by atoms with van der Waals surface area (Å²) in [6, 6.07) is 3.90. The van der Waals surface area contributed by atoms with Gasteiger partial charge in [0.15, 0.2) is 6.61 Å². The monoisotopic (exact) mass is 444 g/mol. The normalized spacial score (nSPS) is 14.6. The molecule has 7 nitrogen and oxygen atoms in total. The van der Waals surface area contributed by atoms with Crippen LogP contribution in [0.4, 0.5) is 13.2 Å². The van der Waals surface area contributed by atoms with Gasteiger partial charge in [-0.3, -0.25) is 9.69 Å². The number of halogens is 4. The van der Waals surface area contributed by atoms with E-state index in [9.17, 15) is 18.0 Å². The summed E-state index contributed by atoms with van der Waals surface area (Å²) in [7, 11) is 0. The van der Waals surface area contributed by atoms with E-state index in [0.29, 0.717) is 31.0 Å². The average Bonchev–Trinajstić information content (AvgIpc) is 3.14. The van der Waals surface area contributed by atoms with Gasteiger partial charge in [0.05, 0.1) is 17.5 Å². The number of likely N-dealkylation sites (tertiary alicyclic amines) is 1. The van der Waals surface area contributed by atoms with Crippen LogP contribution in [0, 0.1) is 5.82 Å². The first-order valence-electron chi connectivity index (χ1n) is 9.18. The van der Waals surface area contributed by atoms with Gasteiger partial charge >= 0.3 is 0 Å². The van der Waals surface area contributed by atoms with E-state index in [0.717, 1.165) is 6.07 Å². The minimum Gasteiger partial charge on any atom is -0.484 e. The van der Waals surface area contributed by atoms with Gasteiger partial charge in [-0.05, 0) is 18.6 Å². The SMILES string of the molecule is C=C(CCNC(=O)COc1ccc(Cl)c(F)c1)c1nnc(C2CN(CC(F)F)C2)o1. The number of rotatable bonds is 10. The van der Waals surface area contributed by atoms with Gasteiger partial charge in [-0.2, -0.15) is 0 Å². The highest BCUT2D eigenvalue weighted by molar-refractivity contribution is 6.30. The van der Waals surface area contributed by atoms with Crippen molar-refractivity contribution in [1.29, 1.82) is 0 Å². The summed E-state index contributed by atoms with van der Waals surface area (Å²) in [5.74, 6) is -0.250. The van der Waals surface area contributed by atoms with E-state index < -0.39 is 18.1 Å². The molecule has 1 aromatic carbocycles. The van der Waals surface area contributed by atoms with E-state index in [1.807, 2.05) is 0 Å². The number of nitrogens with one attached hydrogen (secondary N) is 1. The van der Waals surface area contributed by atoms with Gasteiger partial charge in [0.25, 0.3) is 12.3 Å². The molecule has 0 bridgehead atoms. The molecule has 3 rings (SSSR count). The van der Waals surface area contributed by atoms with E-state index in [-0.39, 0.29) is 42.3 Å². The molecule has 0 spiro atoms. The molecule has 1 amide bonds. The number of amides is 1. The number of carbonyl (C=O) groups excluding carboxylic acids is 1. The molecule has 11 heteroatoms. The Kier molecular flexibility index (Phi) is 7.33. The van der Waals surface area contributed by atoms with Crippen LogP contribution >= 0.6 is 11.6 Å². The van der Waals surface area contributed by atoms with Crippen molar-refractivity contribution in [2.45, 2.75) is 18.8 Å². The molecule has 2 aromatic rings. The maximum absolute atomic E-state index is 13.3. The lowest BCUT2D eigenvalue weighted by Gasteiger charge is -2.36. The fraction of sp³-hybridized carbons (Fsp3) is 0.421. The summed E-state index contributed by atoms with van der Waals surface area (Å²) < 4.78 is 48.7. The first-order chi connectivity index (χ1) is 14.3. The molecule has 1 N–H and O–H groups in total. The number of aromatic nitrogens is 2. The standard InChI is InChI=1S/C19H20ClF3N4O3/c1-11(18-25-26-19(30-18)12-7-27(8-12)9-16(22)23)4-5-24-17(28)10-29-13-2-3-14(20)15(21)6-13/h2-3,6,12,16H,1,4-5,7-10H2,(H,24,28). The summed E-state index contributed by atoms with van der Waals surface area (Å²) in [6.07, 6.45) is -2.00. The molecular weight excluding hydrogens is 425 g/mol. The highest BCUT2D eigenvalue weighted by atomic mass is 35.5. The first-order valence-corrected chi connectivity index (χ1v) is 9.56. The molecule has 0 radical (unpaired) electrons. The molecule has 162 valence electrons. The van der Waals surface area contributed by atoms with Crippen LogP contribution in [-0.2, 0) is 4.79 Å². The third kappa shape index (κ3) is 5.96. The zero-order valence-corrected chi connectivity index (χ0v) is 16.7. The number of carbonyl (C=O) groups is 1. The molecule has 1 aromatic heterocycles. The summed E-state index contributed by atoms with van der Waals surface area (Å²) in [6.45, 7) is 4.48. The van der Waals surface area contributed by atoms with Crippen LogP contribution in [0.5, 0.6) is 5.75 Å². The van der Waals surface area contributed by atoms with Gasteiger partial charge in [-0.25, -0.2) is 13.2 Å². The van der Waals surface area contributed by atoms with Gasteiger partial charge in [0.1, 0.15) is 11.6 Å². The molecule has 2 heterocycles. The van der Waals surface area contributed by atoms with Gasteiger partial charge < -0.3 is 14.5 Å². The second-order valence-electron chi connectivity index (χ2n) is 6.82. The Morgan fingerprint density at radius 1 is 1.40 bits per heavy atom. The van der Waals surface area contributed by atoms with Crippen molar-refractivity contribution >= 4 is 23.1 Å². The number of hydrogen-bond acceptors (Lipinski definition) is 6. The molecule has 0 aliphatic carbocycles. The van der Waals surface area contributed by atoms with Crippen molar-refractivity contribution in [3.63, 3.8) is 0 Å². The number of nitrogens with zero attached hydrogens (tertiary/aromatic N) is 3. The van der Waals surface area contributed by atoms with Crippen LogP contribution in [0.2, 0.25) is 5.02 Å². The minimum atomic E-state index is -2.36. The van der Waals surface area contributed by atoms with Crippen molar-refractivity contribution in [3.05, 3.63) is 47.4 Å². The smallest absolute Gasteiger partial charge is 0.257 e. The van der Waals surface area contributed by atoms with Crippen LogP contribution in [-0.4, -0.2) is 60.2 Å². The third-order valence-corrected chi connectivity index (χ3v) is 4.76. The number of alkyl halides is 2. The zero-order chi connectivity index (χ0) is 21.7. The van der Waals surface area contributed by atoms with E-state index in [2.05, 4.69) is 22.1 Å². The Morgan fingerprint density at radius 2 is 2.17 bits per heavy atom. The second-order valence-corrected chi connectivity index (χ2v) is 7.23. The Bertz CT molecular complexity index is 903. The summed E-state index contributed by atoms with van der Waals surface area (Å²) in [4.78, 5) is 13.5. The second kappa shape index (κ2) is 9.94. The molecule has 0 unspecified atom stereocenters. The summed E-state index contributed by atoms with van der Waals surface area (Å²) in [5.41, 5.74) is 0.540. The number of hydrogen-bond donors (Lipinski definition) is 1. The van der Waals surface area contributed by atoms with Gasteiger partial charge in [0, 0.05) is 31.3 Å². The predicted octanol–water partition coefficient (Wildman–Crippen LogP) is 3.12. The zero-order valence-electron chi connectivity index (χ0n) is 15.9. The highest BCUT2D eigenvalue weighted by Crippen LogP contribution is 2.28. The molecule has 1 fully saturated rings. The summed E-state index contributed by atoms with van der Waals surface area (Å²) in [5, 5.41) is 10.5. The van der Waals surface area contributed by atoms with Gasteiger partial charge in [0.2, 0.25) is 11.8 Å². The lowest BCUT2D eigenvalue weighted by molar-refractivity contribution is -0.123. The third-order valence-electron chi connectivity index (χ3n) is 4.46. The van der Waals surface area contributed by atoms with Gasteiger partial charge in [-0.15, -0.1) is 10.2 Å². The maximum atomic E-state index is 13.3. The topological polar surface area (TPSA) is 80.5 Å². The Labute approximate surface area is 175 Å². The Balaban J connectivity index is 1.36. The molecule has 30 heavy (non-hydrogen) atoms. The summed E-state index contributed by atoms with van der Waals surface area (Å²) >= 11 is 5.58. The molecule has 1 saturated heterocycles. The number of benzene rings is 1. The van der Waals surface area contributed by atoms with Crippen LogP contribution in [0.25, 0.3) is 5.57 Å². The van der Waals surface area contributed by atoms with Gasteiger partial charge in [-0.1, -0.05) is 18.2 Å². The van der Waals surface area contributed by atoms with E-state index in [1.165, 1.54) is 12.1 Å². The van der Waals surface area contributed by atoms with Crippen LogP contribution < -0.4 is 10.1 Å². The fourth-order valence-electron chi connectivity index (χ4n) is 2.84. The van der Waals surface area contributed by atoms with Crippen LogP contribution in [0.1, 0.15) is 24.1 Å². The average molecular weight is 445 g/mol. The predicted molar refractivity (Wildman–Crippen MR) is 103 cm³/mol. The molecule has 1 aliphatic heterocycles. The fourth-order valence-corrected chi connectivity index (χ4v) is 2.96. The molecule has 0 atom stereocenters. The molecule has 0 saturated carbocycles. The minimum absolute atomic E-state index is 0.0303. The number of ether oxygens (including phenoxy) is 1. The molecular formula is C19H20ClF3N4O3. The lowest BCUT2D eigenvalue weighted by atomic mass is 10.0. The Hall–Kier alpha value is -2.59. The van der Waals surface area contributed by atoms with E-state index in [4.69, 9.17) is 20.8 Å². The quantitative estimate of drug-likeness (QED) is 0.606. The van der Waals surface area contributed by atoms with Crippen LogP contribution in [0.15, 0.2) is 29.2 Å². The van der Waals surface area contributed by atoms with Crippen molar-refractivity contribution in [1.82, 2.24) is 20.4 Å². The maximum Gasteiger partial charge on any atom is 0.257 e. The van der Waals surface area contributed by atoms with Crippen molar-refractivity contribution < 1.29 is 27.1 Å². The first kappa shape index (κ1) is 22.1. The van der Waals surface area contributed by atoms with Crippen molar-refractivity contribution in [2.75, 3.05) is 32.8 Å². The largest absolute Gasteiger partial charge is 0.484 e. The Morgan fingerprint density at radius 3 is 2.87 bits per heavy atom. The van der Waals surface area contributed by atoms with Crippen molar-refractivity contribution in [2.24, 2.45) is 0 Å². The van der Waals surface area contributed by atoms with Crippen LogP contribution in [0.3, 0.4) is 0 Å². The van der Waals surface area contributed by atoms with Crippen molar-refractivity contribution in [3.8, 4) is 5.75 Å². The van der Waals surface area contributed by atoms with E-state index >= 15 is 0 Å². The van der Waals surface area contributed by atoms with E-state index in [1.54, 1.807) is 4.90 Å². The highest BCUT2D eigenvalue weighted by Gasteiger charge is 2.33.